The molecule has 1 aromatic carbocycles. The molecule has 0 fully saturated rings. The number of aromatic nitrogens is 1. The molecular formula is C12H12InN. The van der Waals surface area contributed by atoms with Gasteiger partial charge in [0, 0.05) is 0 Å². The summed E-state index contributed by atoms with van der Waals surface area (Å²) in [6.07, 6.45) is 4.04. The second-order valence-electron chi connectivity index (χ2n) is 4.06. The van der Waals surface area contributed by atoms with Gasteiger partial charge in [0.25, 0.3) is 0 Å². The molecule has 14 heavy (non-hydrogen) atoms. The number of aryl methyl sites for hydroxylation is 1. The Hall–Kier alpha value is -0.370. The van der Waals surface area contributed by atoms with Crippen molar-refractivity contribution < 1.29 is 0 Å². The average molecular weight is 285 g/mol. The monoisotopic (exact) mass is 285 g/mol. The molecule has 0 bridgehead atoms. The summed E-state index contributed by atoms with van der Waals surface area (Å²) in [4.78, 5) is 3.60. The first kappa shape index (κ1) is 8.90. The average Bonchev–Trinajstić information content (AvgIpc) is 2.59. The summed E-state index contributed by atoms with van der Waals surface area (Å²) < 4.78 is 0.844. The van der Waals surface area contributed by atoms with E-state index in [1.165, 1.54) is 54.5 Å². The van der Waals surface area contributed by atoms with E-state index in [-0.39, 0.29) is 0 Å². The third kappa shape index (κ3) is 1.23. The van der Waals surface area contributed by atoms with Gasteiger partial charge < -0.3 is 0 Å². The molecule has 1 N–H and O–H groups in total. The Morgan fingerprint density at radius 2 is 2.14 bits per heavy atom. The van der Waals surface area contributed by atoms with Crippen LogP contribution in [0.15, 0.2) is 24.3 Å². The first-order valence-electron chi connectivity index (χ1n) is 5.21. The predicted molar refractivity (Wildman–Crippen MR) is 59.7 cm³/mol. The summed E-state index contributed by atoms with van der Waals surface area (Å²) in [5.74, 6) is 0. The van der Waals surface area contributed by atoms with E-state index in [4.69, 9.17) is 0 Å². The van der Waals surface area contributed by atoms with E-state index in [0.29, 0.717) is 0 Å². The second-order valence-corrected chi connectivity index (χ2v) is 6.36. The number of aromatic amines is 1. The van der Waals surface area contributed by atoms with Gasteiger partial charge in [-0.1, -0.05) is 0 Å². The van der Waals surface area contributed by atoms with Gasteiger partial charge in [0.1, 0.15) is 0 Å². The molecule has 1 aliphatic rings. The van der Waals surface area contributed by atoms with Crippen LogP contribution in [0.5, 0.6) is 0 Å². The van der Waals surface area contributed by atoms with Crippen LogP contribution in [0.1, 0.15) is 27.8 Å². The van der Waals surface area contributed by atoms with Crippen LogP contribution in [0.2, 0.25) is 0 Å². The van der Waals surface area contributed by atoms with Crippen LogP contribution in [0.4, 0.5) is 0 Å². The molecule has 2 heteroatoms. The molecule has 0 amide bonds. The number of fused-ring (bicyclic) bond motifs is 3. The third-order valence-electron chi connectivity index (χ3n) is 3.16. The van der Waals surface area contributed by atoms with Crippen molar-refractivity contribution in [2.75, 3.05) is 0 Å². The molecule has 1 atom stereocenters. The molecule has 2 aromatic rings. The summed E-state index contributed by atoms with van der Waals surface area (Å²) in [6, 6.07) is 8.71. The van der Waals surface area contributed by atoms with Crippen molar-refractivity contribution >= 4 is 35.3 Å². The normalized spacial score (nSPS) is 21.0. The molecule has 0 aliphatic heterocycles. The molecular weight excluding hydrogens is 273 g/mol. The maximum atomic E-state index is 3.60. The van der Waals surface area contributed by atoms with Gasteiger partial charge in [0.15, 0.2) is 0 Å². The summed E-state index contributed by atoms with van der Waals surface area (Å²) >= 11 is 1.35. The third-order valence-corrected chi connectivity index (χ3v) is 5.06. The van der Waals surface area contributed by atoms with Crippen molar-refractivity contribution in [1.29, 1.82) is 0 Å². The molecule has 0 saturated carbocycles. The van der Waals surface area contributed by atoms with Crippen molar-refractivity contribution in [3.63, 3.8) is 0 Å². The summed E-state index contributed by atoms with van der Waals surface area (Å²) in [5.41, 5.74) is 4.48. The molecule has 1 aromatic heterocycles. The van der Waals surface area contributed by atoms with E-state index in [1.54, 1.807) is 11.3 Å². The zero-order chi connectivity index (χ0) is 9.54. The zero-order valence-electron chi connectivity index (χ0n) is 8.09. The Balaban J connectivity index is 2.32. The SMILES string of the molecule is [In][CH]1CCCc2c1[nH]c1ccccc21. The van der Waals surface area contributed by atoms with Gasteiger partial charge in [-0.2, -0.15) is 0 Å². The standard InChI is InChI=1S/C12H12N.In/c1-3-7-11-9(5-1)10-6-2-4-8-12(10)13-11;/h1,3,5,7-8,13H,2,4,6H2;. The maximum absolute atomic E-state index is 3.60. The van der Waals surface area contributed by atoms with Crippen molar-refractivity contribution in [3.8, 4) is 0 Å². The van der Waals surface area contributed by atoms with Gasteiger partial charge in [0.05, 0.1) is 0 Å². The van der Waals surface area contributed by atoms with E-state index in [9.17, 15) is 0 Å². The Morgan fingerprint density at radius 1 is 1.29 bits per heavy atom. The minimum atomic E-state index is 0.844. The van der Waals surface area contributed by atoms with Gasteiger partial charge >= 0.3 is 98.7 Å². The van der Waals surface area contributed by atoms with Gasteiger partial charge in [-0.25, -0.2) is 0 Å². The number of para-hydroxylation sites is 1. The van der Waals surface area contributed by atoms with Crippen molar-refractivity contribution in [3.05, 3.63) is 35.5 Å². The number of H-pyrrole nitrogens is 1. The van der Waals surface area contributed by atoms with Gasteiger partial charge in [-0.3, -0.25) is 0 Å². The summed E-state index contributed by atoms with van der Waals surface area (Å²) in [7, 11) is 0. The van der Waals surface area contributed by atoms with Crippen LogP contribution in [-0.4, -0.2) is 29.4 Å². The molecule has 1 unspecified atom stereocenters. The van der Waals surface area contributed by atoms with E-state index in [2.05, 4.69) is 29.2 Å². The van der Waals surface area contributed by atoms with Crippen LogP contribution < -0.4 is 0 Å². The molecule has 0 saturated heterocycles. The van der Waals surface area contributed by atoms with E-state index in [0.717, 1.165) is 3.67 Å². The predicted octanol–water partition coefficient (Wildman–Crippen LogP) is 2.71. The van der Waals surface area contributed by atoms with Crippen LogP contribution in [0, 0.1) is 0 Å². The Kier molecular flexibility index (Phi) is 2.12. The van der Waals surface area contributed by atoms with Gasteiger partial charge in [-0.05, 0) is 0 Å². The fraction of sp³-hybridized carbons (Fsp3) is 0.333. The number of nitrogens with one attached hydrogen (secondary N) is 1. The van der Waals surface area contributed by atoms with Crippen molar-refractivity contribution in [1.82, 2.24) is 4.98 Å². The molecule has 1 nitrogen and oxygen atoms in total. The summed E-state index contributed by atoms with van der Waals surface area (Å²) in [5, 5.41) is 1.46. The molecule has 1 aliphatic carbocycles. The Bertz CT molecular complexity index is 472. The second kappa shape index (κ2) is 3.34. The van der Waals surface area contributed by atoms with Crippen LogP contribution in [0.25, 0.3) is 10.9 Å². The van der Waals surface area contributed by atoms with E-state index >= 15 is 0 Å². The van der Waals surface area contributed by atoms with Crippen LogP contribution in [0.3, 0.4) is 0 Å². The quantitative estimate of drug-likeness (QED) is 0.766. The van der Waals surface area contributed by atoms with Crippen LogP contribution in [-0.2, 0) is 6.42 Å². The fourth-order valence-corrected chi connectivity index (χ4v) is 3.93. The van der Waals surface area contributed by atoms with Gasteiger partial charge in [-0.15, -0.1) is 0 Å². The van der Waals surface area contributed by atoms with Crippen LogP contribution >= 0.6 is 0 Å². The van der Waals surface area contributed by atoms with E-state index in [1.807, 2.05) is 0 Å². The molecule has 3 rings (SSSR count). The minimum absolute atomic E-state index is 0.844. The topological polar surface area (TPSA) is 15.8 Å². The first-order chi connectivity index (χ1) is 6.86. The van der Waals surface area contributed by atoms with Gasteiger partial charge in [0.2, 0.25) is 0 Å². The molecule has 0 spiro atoms. The Morgan fingerprint density at radius 3 is 3.07 bits per heavy atom. The first-order valence-corrected chi connectivity index (χ1v) is 7.11. The molecule has 2 radical (unpaired) electrons. The number of hydrogen-bond acceptors (Lipinski definition) is 0. The number of rotatable bonds is 0. The number of hydrogen-bond donors (Lipinski definition) is 1. The van der Waals surface area contributed by atoms with Crippen molar-refractivity contribution in [2.45, 2.75) is 22.9 Å². The molecule has 68 valence electrons. The number of benzene rings is 1. The summed E-state index contributed by atoms with van der Waals surface area (Å²) in [6.45, 7) is 0. The van der Waals surface area contributed by atoms with E-state index < -0.39 is 0 Å². The molecule has 1 heterocycles. The fourth-order valence-electron chi connectivity index (χ4n) is 2.45. The van der Waals surface area contributed by atoms with Crippen molar-refractivity contribution in [2.24, 2.45) is 0 Å². The Labute approximate surface area is 98.5 Å². The zero-order valence-corrected chi connectivity index (χ0v) is 11.4.